The van der Waals surface area contributed by atoms with E-state index in [9.17, 15) is 13.4 Å². The zero-order valence-corrected chi connectivity index (χ0v) is 11.9. The summed E-state index contributed by atoms with van der Waals surface area (Å²) in [5, 5.41) is 2.71. The summed E-state index contributed by atoms with van der Waals surface area (Å²) in [6.07, 6.45) is 3.76. The molecule has 0 saturated carbocycles. The van der Waals surface area contributed by atoms with E-state index in [4.69, 9.17) is 0 Å². The van der Waals surface area contributed by atoms with Crippen LogP contribution < -0.4 is 5.32 Å². The van der Waals surface area contributed by atoms with E-state index in [1.54, 1.807) is 25.3 Å². The topological polar surface area (TPSA) is 46.2 Å². The molecule has 1 amide bonds. The maximum Gasteiger partial charge on any atom is 0.244 e. The summed E-state index contributed by atoms with van der Waals surface area (Å²) in [5.74, 6) is 0.0343. The van der Waals surface area contributed by atoms with Crippen molar-refractivity contribution in [2.45, 2.75) is 13.3 Å². The number of carbonyl (C=O) groups excluding carboxylic acids is 1. The lowest BCUT2D eigenvalue weighted by molar-refractivity contribution is -0.116. The number of carbonyl (C=O) groups is 1. The average molecular weight is 283 g/mol. The SMILES string of the molecule is C/C(=C/C(=O)NCCC[S@](C)=O)c1cccc(F)c1. The molecule has 0 aliphatic carbocycles. The highest BCUT2D eigenvalue weighted by Crippen LogP contribution is 2.14. The van der Waals surface area contributed by atoms with E-state index in [-0.39, 0.29) is 11.7 Å². The molecule has 0 spiro atoms. The average Bonchev–Trinajstić information content (AvgIpc) is 2.34. The van der Waals surface area contributed by atoms with E-state index in [1.807, 2.05) is 0 Å². The summed E-state index contributed by atoms with van der Waals surface area (Å²) in [6, 6.07) is 6.11. The Bertz CT molecular complexity index is 500. The molecule has 0 fully saturated rings. The summed E-state index contributed by atoms with van der Waals surface area (Å²) in [5.41, 5.74) is 1.39. The van der Waals surface area contributed by atoms with Crippen LogP contribution in [0.3, 0.4) is 0 Å². The van der Waals surface area contributed by atoms with Crippen molar-refractivity contribution in [1.82, 2.24) is 5.32 Å². The van der Waals surface area contributed by atoms with E-state index >= 15 is 0 Å². The smallest absolute Gasteiger partial charge is 0.244 e. The number of rotatable bonds is 6. The molecule has 1 rings (SSSR count). The highest BCUT2D eigenvalue weighted by Gasteiger charge is 2.01. The lowest BCUT2D eigenvalue weighted by Gasteiger charge is -2.04. The van der Waals surface area contributed by atoms with Crippen molar-refractivity contribution >= 4 is 22.3 Å². The number of hydrogen-bond donors (Lipinski definition) is 1. The van der Waals surface area contributed by atoms with Gasteiger partial charge in [0.05, 0.1) is 0 Å². The molecule has 1 atom stereocenters. The van der Waals surface area contributed by atoms with Crippen LogP contribution in [0.4, 0.5) is 4.39 Å². The van der Waals surface area contributed by atoms with Crippen LogP contribution >= 0.6 is 0 Å². The molecule has 3 nitrogen and oxygen atoms in total. The summed E-state index contributed by atoms with van der Waals surface area (Å²) < 4.78 is 23.9. The number of allylic oxidation sites excluding steroid dienone is 1. The maximum absolute atomic E-state index is 13.0. The maximum atomic E-state index is 13.0. The fourth-order valence-electron chi connectivity index (χ4n) is 1.55. The normalized spacial score (nSPS) is 13.1. The Morgan fingerprint density at radius 3 is 2.84 bits per heavy atom. The van der Waals surface area contributed by atoms with Crippen LogP contribution in [0.15, 0.2) is 30.3 Å². The fraction of sp³-hybridized carbons (Fsp3) is 0.357. The Balaban J connectivity index is 2.49. The monoisotopic (exact) mass is 283 g/mol. The molecular weight excluding hydrogens is 265 g/mol. The second-order valence-corrected chi connectivity index (χ2v) is 5.81. The summed E-state index contributed by atoms with van der Waals surface area (Å²) in [7, 11) is -0.832. The van der Waals surface area contributed by atoms with Gasteiger partial charge in [-0.2, -0.15) is 0 Å². The molecule has 0 saturated heterocycles. The van der Waals surface area contributed by atoms with Crippen LogP contribution in [0.25, 0.3) is 5.57 Å². The molecule has 5 heteroatoms. The lowest BCUT2D eigenvalue weighted by atomic mass is 10.1. The quantitative estimate of drug-likeness (QED) is 0.642. The second-order valence-electron chi connectivity index (χ2n) is 4.26. The van der Waals surface area contributed by atoms with Gasteiger partial charge in [0.15, 0.2) is 0 Å². The molecular formula is C14H18FNO2S. The van der Waals surface area contributed by atoms with Crippen molar-refractivity contribution in [2.75, 3.05) is 18.6 Å². The third kappa shape index (κ3) is 6.29. The van der Waals surface area contributed by atoms with Gasteiger partial charge in [-0.3, -0.25) is 9.00 Å². The minimum absolute atomic E-state index is 0.219. The molecule has 104 valence electrons. The van der Waals surface area contributed by atoms with Crippen molar-refractivity contribution in [2.24, 2.45) is 0 Å². The molecule has 1 aromatic rings. The third-order valence-corrected chi connectivity index (χ3v) is 3.40. The Morgan fingerprint density at radius 1 is 1.47 bits per heavy atom. The zero-order chi connectivity index (χ0) is 14.3. The van der Waals surface area contributed by atoms with E-state index in [0.29, 0.717) is 29.9 Å². The van der Waals surface area contributed by atoms with E-state index in [1.165, 1.54) is 18.2 Å². The van der Waals surface area contributed by atoms with Gasteiger partial charge in [-0.25, -0.2) is 4.39 Å². The van der Waals surface area contributed by atoms with Gasteiger partial charge in [-0.1, -0.05) is 12.1 Å². The molecule has 0 aromatic heterocycles. The predicted octanol–water partition coefficient (Wildman–Crippen LogP) is 2.11. The number of hydrogen-bond acceptors (Lipinski definition) is 2. The molecule has 0 aliphatic rings. The Hall–Kier alpha value is -1.49. The zero-order valence-electron chi connectivity index (χ0n) is 11.1. The van der Waals surface area contributed by atoms with Gasteiger partial charge in [0, 0.05) is 35.4 Å². The first-order chi connectivity index (χ1) is 8.99. The van der Waals surface area contributed by atoms with Gasteiger partial charge in [0.25, 0.3) is 0 Å². The van der Waals surface area contributed by atoms with Crippen LogP contribution in [-0.4, -0.2) is 28.7 Å². The predicted molar refractivity (Wildman–Crippen MR) is 76.6 cm³/mol. The fourth-order valence-corrected chi connectivity index (χ4v) is 2.10. The molecule has 19 heavy (non-hydrogen) atoms. The Morgan fingerprint density at radius 2 is 2.21 bits per heavy atom. The minimum Gasteiger partial charge on any atom is -0.353 e. The van der Waals surface area contributed by atoms with Crippen LogP contribution in [0.2, 0.25) is 0 Å². The van der Waals surface area contributed by atoms with Crippen molar-refractivity contribution in [3.63, 3.8) is 0 Å². The molecule has 0 aliphatic heterocycles. The Labute approximate surface area is 115 Å². The molecule has 1 N–H and O–H groups in total. The minimum atomic E-state index is -0.832. The van der Waals surface area contributed by atoms with Gasteiger partial charge < -0.3 is 5.32 Å². The van der Waals surface area contributed by atoms with Crippen molar-refractivity contribution in [3.8, 4) is 0 Å². The summed E-state index contributed by atoms with van der Waals surface area (Å²) >= 11 is 0. The van der Waals surface area contributed by atoms with Crippen LogP contribution in [-0.2, 0) is 15.6 Å². The van der Waals surface area contributed by atoms with Gasteiger partial charge in [0.2, 0.25) is 5.91 Å². The first-order valence-electron chi connectivity index (χ1n) is 6.01. The van der Waals surface area contributed by atoms with Crippen molar-refractivity contribution < 1.29 is 13.4 Å². The van der Waals surface area contributed by atoms with Crippen molar-refractivity contribution in [1.29, 1.82) is 0 Å². The highest BCUT2D eigenvalue weighted by molar-refractivity contribution is 7.84. The first-order valence-corrected chi connectivity index (χ1v) is 7.74. The third-order valence-electron chi connectivity index (χ3n) is 2.54. The number of halogens is 1. The lowest BCUT2D eigenvalue weighted by Crippen LogP contribution is -2.23. The number of amides is 1. The van der Waals surface area contributed by atoms with Gasteiger partial charge in [-0.15, -0.1) is 0 Å². The number of nitrogens with one attached hydrogen (secondary N) is 1. The molecule has 0 bridgehead atoms. The van der Waals surface area contributed by atoms with E-state index < -0.39 is 10.8 Å². The molecule has 0 radical (unpaired) electrons. The van der Waals surface area contributed by atoms with E-state index in [2.05, 4.69) is 5.32 Å². The van der Waals surface area contributed by atoms with E-state index in [0.717, 1.165) is 0 Å². The van der Waals surface area contributed by atoms with Gasteiger partial charge >= 0.3 is 0 Å². The van der Waals surface area contributed by atoms with Gasteiger partial charge in [0.1, 0.15) is 5.82 Å². The molecule has 1 aromatic carbocycles. The molecule has 0 unspecified atom stereocenters. The second kappa shape index (κ2) is 7.84. The summed E-state index contributed by atoms with van der Waals surface area (Å²) in [6.45, 7) is 2.25. The number of benzene rings is 1. The van der Waals surface area contributed by atoms with Crippen LogP contribution in [0.5, 0.6) is 0 Å². The highest BCUT2D eigenvalue weighted by atomic mass is 32.2. The standard InChI is InChI=1S/C14H18FNO2S/c1-11(12-5-3-6-13(15)10-12)9-14(17)16-7-4-8-19(2)18/h3,5-6,9-10H,4,7-8H2,1-2H3,(H,16,17)/b11-9-/t19-/m0/s1. The van der Waals surface area contributed by atoms with Crippen LogP contribution in [0, 0.1) is 5.82 Å². The first kappa shape index (κ1) is 15.6. The Kier molecular flexibility index (Phi) is 6.42. The largest absolute Gasteiger partial charge is 0.353 e. The van der Waals surface area contributed by atoms with Gasteiger partial charge in [-0.05, 0) is 36.6 Å². The summed E-state index contributed by atoms with van der Waals surface area (Å²) in [4.78, 5) is 11.6. The van der Waals surface area contributed by atoms with Crippen molar-refractivity contribution in [3.05, 3.63) is 41.7 Å². The van der Waals surface area contributed by atoms with Crippen LogP contribution in [0.1, 0.15) is 18.9 Å². The molecule has 0 heterocycles.